The van der Waals surface area contributed by atoms with E-state index in [1.807, 2.05) is 5.48 Å². The predicted molar refractivity (Wildman–Crippen MR) is 55.7 cm³/mol. The zero-order valence-electron chi connectivity index (χ0n) is 9.54. The van der Waals surface area contributed by atoms with Gasteiger partial charge in [-0.05, 0) is 5.92 Å². The molecular weight excluding hydrogens is 232 g/mol. The third-order valence-electron chi connectivity index (χ3n) is 1.96. The van der Waals surface area contributed by atoms with E-state index in [0.717, 1.165) is 0 Å². The quantitative estimate of drug-likeness (QED) is 0.421. The summed E-state index contributed by atoms with van der Waals surface area (Å²) in [6.07, 6.45) is -2.40. The number of hydrogen-bond acceptors (Lipinski definition) is 5. The van der Waals surface area contributed by atoms with Gasteiger partial charge in [0.25, 0.3) is 5.91 Å². The van der Waals surface area contributed by atoms with Crippen LogP contribution >= 0.6 is 0 Å². The van der Waals surface area contributed by atoms with Crippen LogP contribution in [0.15, 0.2) is 0 Å². The second-order valence-electron chi connectivity index (χ2n) is 3.78. The summed E-state index contributed by atoms with van der Waals surface area (Å²) in [7, 11) is 0. The summed E-state index contributed by atoms with van der Waals surface area (Å²) in [5, 5.41) is 17.0. The monoisotopic (exact) mass is 248 g/mol. The van der Waals surface area contributed by atoms with Crippen molar-refractivity contribution in [2.24, 2.45) is 11.7 Å². The van der Waals surface area contributed by atoms with Crippen molar-refractivity contribution < 1.29 is 29.4 Å². The molecule has 2 atom stereocenters. The molecule has 5 N–H and O–H groups in total. The number of hydrogen-bond donors (Lipinski definition) is 4. The molecule has 0 bridgehead atoms. The molecular formula is C9H16N2O6. The number of aliphatic carboxylic acids is 2. The second kappa shape index (κ2) is 6.81. The Balaban J connectivity index is 4.26. The summed E-state index contributed by atoms with van der Waals surface area (Å²) in [4.78, 5) is 36.7. The number of carboxylic acid groups (broad SMARTS) is 2. The molecule has 0 aliphatic heterocycles. The standard InChI is InChI=1S/C9H16N2O6/c1-4(2)7(10)8(14)11-17-5(9(15)16)3-6(12)13/h4-5,7H,3,10H2,1-2H3,(H,11,14)(H,12,13)(H,15,16)/t5-,7+/m1/s1. The topological polar surface area (TPSA) is 139 Å². The van der Waals surface area contributed by atoms with Crippen molar-refractivity contribution in [2.75, 3.05) is 0 Å². The van der Waals surface area contributed by atoms with Gasteiger partial charge in [0, 0.05) is 0 Å². The second-order valence-corrected chi connectivity index (χ2v) is 3.78. The maximum atomic E-state index is 11.3. The Morgan fingerprint density at radius 2 is 1.82 bits per heavy atom. The first-order valence-corrected chi connectivity index (χ1v) is 4.91. The third kappa shape index (κ3) is 5.83. The van der Waals surface area contributed by atoms with Gasteiger partial charge in [0.05, 0.1) is 12.5 Å². The van der Waals surface area contributed by atoms with Crippen molar-refractivity contribution in [3.05, 3.63) is 0 Å². The molecule has 0 rings (SSSR count). The number of rotatable bonds is 7. The maximum Gasteiger partial charge on any atom is 0.336 e. The summed E-state index contributed by atoms with van der Waals surface area (Å²) < 4.78 is 0. The average Bonchev–Trinajstić information content (AvgIpc) is 2.21. The van der Waals surface area contributed by atoms with Gasteiger partial charge < -0.3 is 15.9 Å². The van der Waals surface area contributed by atoms with Crippen LogP contribution < -0.4 is 11.2 Å². The highest BCUT2D eigenvalue weighted by molar-refractivity contribution is 5.82. The van der Waals surface area contributed by atoms with Crippen molar-refractivity contribution in [2.45, 2.75) is 32.4 Å². The molecule has 8 nitrogen and oxygen atoms in total. The van der Waals surface area contributed by atoms with E-state index in [0.29, 0.717) is 0 Å². The van der Waals surface area contributed by atoms with Crippen LogP contribution in [0.5, 0.6) is 0 Å². The lowest BCUT2D eigenvalue weighted by molar-refractivity contribution is -0.166. The zero-order chi connectivity index (χ0) is 13.6. The summed E-state index contributed by atoms with van der Waals surface area (Å²) in [6.45, 7) is 3.41. The van der Waals surface area contributed by atoms with Crippen molar-refractivity contribution in [1.29, 1.82) is 0 Å². The number of hydroxylamine groups is 1. The van der Waals surface area contributed by atoms with Gasteiger partial charge in [-0.3, -0.25) is 14.4 Å². The smallest absolute Gasteiger partial charge is 0.336 e. The first-order chi connectivity index (χ1) is 7.75. The molecule has 0 aromatic carbocycles. The molecule has 0 fully saturated rings. The molecule has 0 aromatic heterocycles. The molecule has 0 heterocycles. The molecule has 0 aliphatic rings. The SMILES string of the molecule is CC(C)[C@H](N)C(=O)NO[C@H](CC(=O)O)C(=O)O. The highest BCUT2D eigenvalue weighted by Gasteiger charge is 2.25. The van der Waals surface area contributed by atoms with Gasteiger partial charge in [-0.1, -0.05) is 13.8 Å². The van der Waals surface area contributed by atoms with E-state index in [2.05, 4.69) is 4.84 Å². The van der Waals surface area contributed by atoms with Gasteiger partial charge in [-0.15, -0.1) is 0 Å². The summed E-state index contributed by atoms with van der Waals surface area (Å²) >= 11 is 0. The van der Waals surface area contributed by atoms with Crippen molar-refractivity contribution >= 4 is 17.8 Å². The van der Waals surface area contributed by atoms with Gasteiger partial charge in [0.2, 0.25) is 0 Å². The number of carbonyl (C=O) groups excluding carboxylic acids is 1. The fourth-order valence-electron chi connectivity index (χ4n) is 0.838. The zero-order valence-corrected chi connectivity index (χ0v) is 9.54. The number of nitrogens with two attached hydrogens (primary N) is 1. The Morgan fingerprint density at radius 1 is 1.29 bits per heavy atom. The van der Waals surface area contributed by atoms with Crippen LogP contribution in [0.25, 0.3) is 0 Å². The van der Waals surface area contributed by atoms with Crippen LogP contribution in [0, 0.1) is 5.92 Å². The summed E-state index contributed by atoms with van der Waals surface area (Å²) in [5.41, 5.74) is 7.31. The molecule has 0 radical (unpaired) electrons. The van der Waals surface area contributed by atoms with Crippen LogP contribution in [0.2, 0.25) is 0 Å². The van der Waals surface area contributed by atoms with Crippen LogP contribution in [0.1, 0.15) is 20.3 Å². The van der Waals surface area contributed by atoms with E-state index in [1.54, 1.807) is 13.8 Å². The number of carboxylic acids is 2. The maximum absolute atomic E-state index is 11.3. The first-order valence-electron chi connectivity index (χ1n) is 4.91. The highest BCUT2D eigenvalue weighted by Crippen LogP contribution is 2.00. The number of carbonyl (C=O) groups is 3. The van der Waals surface area contributed by atoms with Gasteiger partial charge >= 0.3 is 11.9 Å². The van der Waals surface area contributed by atoms with Gasteiger partial charge in [0.1, 0.15) is 0 Å². The molecule has 1 amide bonds. The minimum Gasteiger partial charge on any atom is -0.481 e. The van der Waals surface area contributed by atoms with Crippen LogP contribution in [0.4, 0.5) is 0 Å². The Morgan fingerprint density at radius 3 is 2.18 bits per heavy atom. The molecule has 0 aromatic rings. The van der Waals surface area contributed by atoms with E-state index >= 15 is 0 Å². The summed E-state index contributed by atoms with van der Waals surface area (Å²) in [5.74, 6) is -3.68. The fourth-order valence-corrected chi connectivity index (χ4v) is 0.838. The Labute approximate surface area is 97.7 Å². The van der Waals surface area contributed by atoms with Crippen LogP contribution in [0.3, 0.4) is 0 Å². The minimum atomic E-state index is -1.64. The van der Waals surface area contributed by atoms with Gasteiger partial charge in [0.15, 0.2) is 6.10 Å². The molecule has 0 unspecified atom stereocenters. The van der Waals surface area contributed by atoms with Crippen LogP contribution in [-0.2, 0) is 19.2 Å². The van der Waals surface area contributed by atoms with E-state index in [4.69, 9.17) is 15.9 Å². The molecule has 17 heavy (non-hydrogen) atoms. The average molecular weight is 248 g/mol. The lowest BCUT2D eigenvalue weighted by Crippen LogP contribution is -2.46. The lowest BCUT2D eigenvalue weighted by atomic mass is 10.1. The normalized spacial score (nSPS) is 14.1. The first kappa shape index (κ1) is 15.3. The van der Waals surface area contributed by atoms with Crippen LogP contribution in [-0.4, -0.2) is 40.2 Å². The van der Waals surface area contributed by atoms with E-state index < -0.39 is 36.4 Å². The van der Waals surface area contributed by atoms with E-state index in [9.17, 15) is 14.4 Å². The Kier molecular flexibility index (Phi) is 6.15. The van der Waals surface area contributed by atoms with E-state index in [-0.39, 0.29) is 5.92 Å². The molecule has 0 aliphatic carbocycles. The Hall–Kier alpha value is -1.67. The summed E-state index contributed by atoms with van der Waals surface area (Å²) in [6, 6.07) is -0.853. The lowest BCUT2D eigenvalue weighted by Gasteiger charge is -2.17. The fraction of sp³-hybridized carbons (Fsp3) is 0.667. The van der Waals surface area contributed by atoms with Gasteiger partial charge in [-0.25, -0.2) is 10.3 Å². The minimum absolute atomic E-state index is 0.152. The highest BCUT2D eigenvalue weighted by atomic mass is 16.7. The van der Waals surface area contributed by atoms with Crippen molar-refractivity contribution in [3.8, 4) is 0 Å². The third-order valence-corrected chi connectivity index (χ3v) is 1.96. The molecule has 0 saturated heterocycles. The van der Waals surface area contributed by atoms with Crippen molar-refractivity contribution in [1.82, 2.24) is 5.48 Å². The van der Waals surface area contributed by atoms with Crippen molar-refractivity contribution in [3.63, 3.8) is 0 Å². The molecule has 8 heteroatoms. The molecule has 0 saturated carbocycles. The number of amides is 1. The Bertz CT molecular complexity index is 304. The largest absolute Gasteiger partial charge is 0.481 e. The van der Waals surface area contributed by atoms with E-state index in [1.165, 1.54) is 0 Å². The predicted octanol–water partition coefficient (Wildman–Crippen LogP) is -1.05. The molecule has 0 spiro atoms. The van der Waals surface area contributed by atoms with Gasteiger partial charge in [-0.2, -0.15) is 0 Å². The number of nitrogens with one attached hydrogen (secondary N) is 1. The molecule has 98 valence electrons.